The predicted octanol–water partition coefficient (Wildman–Crippen LogP) is 2.71. The van der Waals surface area contributed by atoms with Crippen LogP contribution in [0, 0.1) is 11.7 Å². The quantitative estimate of drug-likeness (QED) is 0.768. The molecule has 0 heterocycles. The second-order valence-corrected chi connectivity index (χ2v) is 5.45. The summed E-state index contributed by atoms with van der Waals surface area (Å²) in [7, 11) is 0. The van der Waals surface area contributed by atoms with Crippen LogP contribution in [0.1, 0.15) is 27.2 Å². The van der Waals surface area contributed by atoms with Crippen LogP contribution < -0.4 is 16.4 Å². The summed E-state index contributed by atoms with van der Waals surface area (Å²) in [4.78, 5) is 11.9. The summed E-state index contributed by atoms with van der Waals surface area (Å²) in [6, 6.07) is 5.28. The van der Waals surface area contributed by atoms with Gasteiger partial charge in [0.25, 0.3) is 0 Å². The lowest BCUT2D eigenvalue weighted by Gasteiger charge is -2.31. The van der Waals surface area contributed by atoms with E-state index in [9.17, 15) is 9.18 Å². The summed E-state index contributed by atoms with van der Waals surface area (Å²) in [5.41, 5.74) is 5.82. The highest BCUT2D eigenvalue weighted by molar-refractivity contribution is 5.89. The van der Waals surface area contributed by atoms with E-state index in [4.69, 9.17) is 5.73 Å². The number of amides is 2. The molecule has 0 aliphatic heterocycles. The highest BCUT2D eigenvalue weighted by Crippen LogP contribution is 2.16. The number of carbonyl (C=O) groups excluding carboxylic acids is 1. The van der Waals surface area contributed by atoms with Crippen LogP contribution in [0.3, 0.4) is 0 Å². The zero-order chi connectivity index (χ0) is 14.5. The van der Waals surface area contributed by atoms with Crippen molar-refractivity contribution in [3.8, 4) is 0 Å². The number of hydrogen-bond donors (Lipinski definition) is 3. The zero-order valence-corrected chi connectivity index (χ0v) is 11.7. The molecule has 0 radical (unpaired) electrons. The van der Waals surface area contributed by atoms with Crippen LogP contribution in [0.2, 0.25) is 0 Å². The van der Waals surface area contributed by atoms with Gasteiger partial charge in [0, 0.05) is 12.2 Å². The lowest BCUT2D eigenvalue weighted by molar-refractivity contribution is 0.233. The van der Waals surface area contributed by atoms with Gasteiger partial charge in [-0.3, -0.25) is 0 Å². The zero-order valence-electron chi connectivity index (χ0n) is 11.7. The molecule has 0 bridgehead atoms. The third-order valence-corrected chi connectivity index (χ3v) is 2.83. The number of anilines is 1. The van der Waals surface area contributed by atoms with Crippen molar-refractivity contribution >= 4 is 11.7 Å². The van der Waals surface area contributed by atoms with Crippen LogP contribution >= 0.6 is 0 Å². The molecule has 1 atom stereocenters. The van der Waals surface area contributed by atoms with Crippen molar-refractivity contribution in [3.63, 3.8) is 0 Å². The van der Waals surface area contributed by atoms with Gasteiger partial charge < -0.3 is 16.4 Å². The Morgan fingerprint density at radius 1 is 1.37 bits per heavy atom. The number of benzene rings is 1. The largest absolute Gasteiger partial charge is 0.331 e. The average Bonchev–Trinajstić information content (AvgIpc) is 2.31. The molecular weight excluding hydrogens is 245 g/mol. The molecule has 1 aromatic rings. The molecule has 4 nitrogen and oxygen atoms in total. The number of urea groups is 1. The minimum absolute atomic E-state index is 0.333. The van der Waals surface area contributed by atoms with Crippen LogP contribution in [-0.2, 0) is 0 Å². The van der Waals surface area contributed by atoms with Gasteiger partial charge in [-0.25, -0.2) is 9.18 Å². The van der Waals surface area contributed by atoms with Crippen LogP contribution in [0.4, 0.5) is 14.9 Å². The molecule has 19 heavy (non-hydrogen) atoms. The Balaban J connectivity index is 2.60. The lowest BCUT2D eigenvalue weighted by Crippen LogP contribution is -2.53. The Morgan fingerprint density at radius 2 is 1.95 bits per heavy atom. The fourth-order valence-corrected chi connectivity index (χ4v) is 2.06. The molecule has 0 aromatic heterocycles. The van der Waals surface area contributed by atoms with Gasteiger partial charge in [-0.2, -0.15) is 0 Å². The van der Waals surface area contributed by atoms with Crippen LogP contribution in [0.5, 0.6) is 0 Å². The number of hydrogen-bond acceptors (Lipinski definition) is 2. The van der Waals surface area contributed by atoms with Gasteiger partial charge in [0.15, 0.2) is 0 Å². The van der Waals surface area contributed by atoms with Crippen molar-refractivity contribution in [1.82, 2.24) is 5.32 Å². The summed E-state index contributed by atoms with van der Waals surface area (Å²) in [5, 5.41) is 5.53. The maximum atomic E-state index is 12.7. The second kappa shape index (κ2) is 6.52. The first kappa shape index (κ1) is 15.4. The molecule has 0 spiro atoms. The van der Waals surface area contributed by atoms with E-state index in [0.29, 0.717) is 18.2 Å². The van der Waals surface area contributed by atoms with Gasteiger partial charge >= 0.3 is 6.03 Å². The van der Waals surface area contributed by atoms with Crippen molar-refractivity contribution in [2.24, 2.45) is 11.7 Å². The van der Waals surface area contributed by atoms with Gasteiger partial charge in [0.05, 0.1) is 5.54 Å². The summed E-state index contributed by atoms with van der Waals surface area (Å²) in [6.45, 7) is 6.43. The number of carbonyl (C=O) groups is 1. The minimum Gasteiger partial charge on any atom is -0.331 e. The number of halogens is 1. The predicted molar refractivity (Wildman–Crippen MR) is 75.5 cm³/mol. The van der Waals surface area contributed by atoms with Crippen molar-refractivity contribution in [2.45, 2.75) is 32.7 Å². The molecule has 4 N–H and O–H groups in total. The molecule has 0 saturated heterocycles. The maximum absolute atomic E-state index is 12.7. The van der Waals surface area contributed by atoms with Gasteiger partial charge in [-0.15, -0.1) is 0 Å². The van der Waals surface area contributed by atoms with E-state index in [-0.39, 0.29) is 11.8 Å². The minimum atomic E-state index is -0.446. The third kappa shape index (κ3) is 5.26. The van der Waals surface area contributed by atoms with Gasteiger partial charge in [-0.1, -0.05) is 13.8 Å². The lowest BCUT2D eigenvalue weighted by atomic mass is 9.91. The Bertz CT molecular complexity index is 419. The molecule has 0 saturated carbocycles. The number of nitrogens with one attached hydrogen (secondary N) is 2. The van der Waals surface area contributed by atoms with E-state index < -0.39 is 5.54 Å². The van der Waals surface area contributed by atoms with Crippen molar-refractivity contribution < 1.29 is 9.18 Å². The molecular formula is C14H22FN3O. The molecule has 0 fully saturated rings. The Labute approximate surface area is 113 Å². The van der Waals surface area contributed by atoms with E-state index in [0.717, 1.165) is 6.42 Å². The first-order valence-electron chi connectivity index (χ1n) is 6.39. The highest BCUT2D eigenvalue weighted by Gasteiger charge is 2.25. The Kier molecular flexibility index (Phi) is 5.30. The van der Waals surface area contributed by atoms with Crippen molar-refractivity contribution in [3.05, 3.63) is 30.1 Å². The smallest absolute Gasteiger partial charge is 0.319 e. The monoisotopic (exact) mass is 267 g/mol. The SMILES string of the molecule is CC(C)CC(C)(CN)NC(=O)Nc1ccc(F)cc1. The number of nitrogens with two attached hydrogens (primary N) is 1. The first-order valence-corrected chi connectivity index (χ1v) is 6.39. The van der Waals surface area contributed by atoms with Crippen molar-refractivity contribution in [2.75, 3.05) is 11.9 Å². The standard InChI is InChI=1S/C14H22FN3O/c1-10(2)8-14(3,9-16)18-13(19)17-12-6-4-11(15)5-7-12/h4-7,10H,8-9,16H2,1-3H3,(H2,17,18,19). The first-order chi connectivity index (χ1) is 8.84. The molecule has 1 unspecified atom stereocenters. The third-order valence-electron chi connectivity index (χ3n) is 2.83. The van der Waals surface area contributed by atoms with Crippen molar-refractivity contribution in [1.29, 1.82) is 0 Å². The molecule has 0 aliphatic carbocycles. The summed E-state index contributed by atoms with van der Waals surface area (Å²) in [6.07, 6.45) is 0.792. The number of rotatable bonds is 5. The normalized spacial score (nSPS) is 14.0. The Morgan fingerprint density at radius 3 is 2.42 bits per heavy atom. The van der Waals surface area contributed by atoms with E-state index in [1.165, 1.54) is 24.3 Å². The Hall–Kier alpha value is -1.62. The van der Waals surface area contributed by atoms with E-state index >= 15 is 0 Å². The van der Waals surface area contributed by atoms with Gasteiger partial charge in [0.1, 0.15) is 5.82 Å². The highest BCUT2D eigenvalue weighted by atomic mass is 19.1. The molecule has 5 heteroatoms. The summed E-state index contributed by atoms with van der Waals surface area (Å²) < 4.78 is 12.7. The molecule has 2 amide bonds. The molecule has 1 rings (SSSR count). The molecule has 0 aliphatic rings. The van der Waals surface area contributed by atoms with E-state index in [2.05, 4.69) is 24.5 Å². The van der Waals surface area contributed by atoms with Crippen LogP contribution in [0.15, 0.2) is 24.3 Å². The van der Waals surface area contributed by atoms with Gasteiger partial charge in [0.2, 0.25) is 0 Å². The summed E-state index contributed by atoms with van der Waals surface area (Å²) >= 11 is 0. The topological polar surface area (TPSA) is 67.1 Å². The van der Waals surface area contributed by atoms with E-state index in [1.54, 1.807) is 0 Å². The fourth-order valence-electron chi connectivity index (χ4n) is 2.06. The van der Waals surface area contributed by atoms with Crippen LogP contribution in [-0.4, -0.2) is 18.1 Å². The molecule has 1 aromatic carbocycles. The fraction of sp³-hybridized carbons (Fsp3) is 0.500. The van der Waals surface area contributed by atoms with Crippen LogP contribution in [0.25, 0.3) is 0 Å². The maximum Gasteiger partial charge on any atom is 0.319 e. The van der Waals surface area contributed by atoms with E-state index in [1.807, 2.05) is 6.92 Å². The average molecular weight is 267 g/mol. The second-order valence-electron chi connectivity index (χ2n) is 5.45. The molecule has 106 valence electrons. The summed E-state index contributed by atoms with van der Waals surface area (Å²) in [5.74, 6) is 0.0947. The van der Waals surface area contributed by atoms with Gasteiger partial charge in [-0.05, 0) is 43.5 Å².